The molecule has 0 spiro atoms. The van der Waals surface area contributed by atoms with Gasteiger partial charge in [-0.1, -0.05) is 6.07 Å². The van der Waals surface area contributed by atoms with E-state index >= 15 is 0 Å². The molecule has 86 valence electrons. The van der Waals surface area contributed by atoms with Crippen LogP contribution in [0.4, 0.5) is 0 Å². The Bertz CT molecular complexity index is 514. The van der Waals surface area contributed by atoms with E-state index in [9.17, 15) is 4.79 Å². The molecular formula is C12H10N2O3. The van der Waals surface area contributed by atoms with E-state index in [-0.39, 0.29) is 18.1 Å². The zero-order valence-electron chi connectivity index (χ0n) is 8.91. The number of carboxylic acids is 1. The summed E-state index contributed by atoms with van der Waals surface area (Å²) in [5.41, 5.74) is 0.908. The summed E-state index contributed by atoms with van der Waals surface area (Å²) in [6, 6.07) is 6.64. The van der Waals surface area contributed by atoms with E-state index in [0.29, 0.717) is 0 Å². The Morgan fingerprint density at radius 1 is 1.29 bits per heavy atom. The lowest BCUT2D eigenvalue weighted by molar-refractivity contribution is 0.0690. The van der Waals surface area contributed by atoms with Crippen molar-refractivity contribution in [2.75, 3.05) is 0 Å². The standard InChI is InChI=1S/C12H10N2O3/c15-12(16)10-4-2-6-14-11(10)17-8-9-3-1-5-13-7-9/h1-7H,8H2,(H,15,16). The molecule has 0 saturated heterocycles. The van der Waals surface area contributed by atoms with Crippen LogP contribution < -0.4 is 4.74 Å². The first kappa shape index (κ1) is 11.1. The van der Waals surface area contributed by atoms with E-state index < -0.39 is 5.97 Å². The Labute approximate surface area is 97.7 Å². The summed E-state index contributed by atoms with van der Waals surface area (Å²) in [7, 11) is 0. The fraction of sp³-hybridized carbons (Fsp3) is 0.0833. The van der Waals surface area contributed by atoms with Crippen LogP contribution in [0.2, 0.25) is 0 Å². The molecule has 0 bridgehead atoms. The van der Waals surface area contributed by atoms with Crippen molar-refractivity contribution >= 4 is 5.97 Å². The van der Waals surface area contributed by atoms with Crippen LogP contribution in [0.5, 0.6) is 5.88 Å². The van der Waals surface area contributed by atoms with Crippen molar-refractivity contribution in [3.8, 4) is 5.88 Å². The molecule has 0 aliphatic rings. The van der Waals surface area contributed by atoms with E-state index in [1.165, 1.54) is 12.3 Å². The van der Waals surface area contributed by atoms with Crippen molar-refractivity contribution in [3.63, 3.8) is 0 Å². The Morgan fingerprint density at radius 3 is 2.82 bits per heavy atom. The normalized spacial score (nSPS) is 9.88. The van der Waals surface area contributed by atoms with Gasteiger partial charge >= 0.3 is 5.97 Å². The Morgan fingerprint density at radius 2 is 2.12 bits per heavy atom. The lowest BCUT2D eigenvalue weighted by atomic mass is 10.3. The van der Waals surface area contributed by atoms with Crippen molar-refractivity contribution in [2.24, 2.45) is 0 Å². The summed E-state index contributed by atoms with van der Waals surface area (Å²) < 4.78 is 5.35. The highest BCUT2D eigenvalue weighted by atomic mass is 16.5. The van der Waals surface area contributed by atoms with Gasteiger partial charge in [0.05, 0.1) is 0 Å². The molecule has 0 saturated carbocycles. The summed E-state index contributed by atoms with van der Waals surface area (Å²) in [5, 5.41) is 8.93. The van der Waals surface area contributed by atoms with Crippen LogP contribution in [0.25, 0.3) is 0 Å². The highest BCUT2D eigenvalue weighted by Crippen LogP contribution is 2.15. The largest absolute Gasteiger partial charge is 0.477 e. The number of carbonyl (C=O) groups is 1. The number of aromatic carboxylic acids is 1. The molecular weight excluding hydrogens is 220 g/mol. The molecule has 2 heterocycles. The molecule has 2 aromatic heterocycles. The molecule has 0 unspecified atom stereocenters. The number of nitrogens with zero attached hydrogens (tertiary/aromatic N) is 2. The molecule has 0 aliphatic carbocycles. The number of pyridine rings is 2. The third kappa shape index (κ3) is 2.78. The minimum atomic E-state index is -1.06. The topological polar surface area (TPSA) is 72.3 Å². The van der Waals surface area contributed by atoms with Crippen LogP contribution in [0.15, 0.2) is 42.9 Å². The second-order valence-corrected chi connectivity index (χ2v) is 3.31. The quantitative estimate of drug-likeness (QED) is 0.866. The lowest BCUT2D eigenvalue weighted by Crippen LogP contribution is -2.05. The Hall–Kier alpha value is -2.43. The lowest BCUT2D eigenvalue weighted by Gasteiger charge is -2.06. The maximum Gasteiger partial charge on any atom is 0.341 e. The number of rotatable bonds is 4. The molecule has 0 aliphatic heterocycles. The van der Waals surface area contributed by atoms with Crippen molar-refractivity contribution < 1.29 is 14.6 Å². The van der Waals surface area contributed by atoms with Crippen LogP contribution in [-0.2, 0) is 6.61 Å². The van der Waals surface area contributed by atoms with Gasteiger partial charge < -0.3 is 9.84 Å². The minimum absolute atomic E-state index is 0.0522. The molecule has 5 heteroatoms. The summed E-state index contributed by atoms with van der Waals surface area (Å²) >= 11 is 0. The van der Waals surface area contributed by atoms with Gasteiger partial charge in [-0.3, -0.25) is 4.98 Å². The smallest absolute Gasteiger partial charge is 0.341 e. The van der Waals surface area contributed by atoms with Gasteiger partial charge in [0.2, 0.25) is 5.88 Å². The van der Waals surface area contributed by atoms with Gasteiger partial charge in [-0.15, -0.1) is 0 Å². The first-order chi connectivity index (χ1) is 8.27. The predicted octanol–water partition coefficient (Wildman–Crippen LogP) is 1.75. The first-order valence-electron chi connectivity index (χ1n) is 4.97. The van der Waals surface area contributed by atoms with Gasteiger partial charge in [0.1, 0.15) is 12.2 Å². The predicted molar refractivity (Wildman–Crippen MR) is 59.8 cm³/mol. The molecule has 2 aromatic rings. The van der Waals surface area contributed by atoms with E-state index in [1.54, 1.807) is 24.5 Å². The highest BCUT2D eigenvalue weighted by Gasteiger charge is 2.11. The Kier molecular flexibility index (Phi) is 3.30. The van der Waals surface area contributed by atoms with E-state index in [4.69, 9.17) is 9.84 Å². The van der Waals surface area contributed by atoms with E-state index in [0.717, 1.165) is 5.56 Å². The SMILES string of the molecule is O=C(O)c1cccnc1OCc1cccnc1. The average molecular weight is 230 g/mol. The van der Waals surface area contributed by atoms with Gasteiger partial charge in [-0.05, 0) is 18.2 Å². The summed E-state index contributed by atoms with van der Waals surface area (Å²) in [6.07, 6.45) is 4.81. The number of carboxylic acid groups (broad SMARTS) is 1. The molecule has 1 N–H and O–H groups in total. The van der Waals surface area contributed by atoms with Crippen molar-refractivity contribution in [3.05, 3.63) is 54.0 Å². The molecule has 2 rings (SSSR count). The summed E-state index contributed by atoms with van der Waals surface area (Å²) in [5.74, 6) is -0.942. The molecule has 5 nitrogen and oxygen atoms in total. The third-order valence-electron chi connectivity index (χ3n) is 2.10. The zero-order valence-corrected chi connectivity index (χ0v) is 8.91. The first-order valence-corrected chi connectivity index (χ1v) is 4.97. The summed E-state index contributed by atoms with van der Waals surface area (Å²) in [6.45, 7) is 0.241. The van der Waals surface area contributed by atoms with Crippen LogP contribution in [0, 0.1) is 0 Å². The monoisotopic (exact) mass is 230 g/mol. The number of hydrogen-bond acceptors (Lipinski definition) is 4. The average Bonchev–Trinajstić information content (AvgIpc) is 2.38. The minimum Gasteiger partial charge on any atom is -0.477 e. The maximum absolute atomic E-state index is 10.9. The number of aromatic nitrogens is 2. The molecule has 0 radical (unpaired) electrons. The van der Waals surface area contributed by atoms with Crippen LogP contribution in [0.3, 0.4) is 0 Å². The third-order valence-corrected chi connectivity index (χ3v) is 2.10. The molecule has 0 atom stereocenters. The maximum atomic E-state index is 10.9. The number of ether oxygens (including phenoxy) is 1. The van der Waals surface area contributed by atoms with Gasteiger partial charge in [0.25, 0.3) is 0 Å². The van der Waals surface area contributed by atoms with Crippen LogP contribution in [-0.4, -0.2) is 21.0 Å². The van der Waals surface area contributed by atoms with Gasteiger partial charge in [0.15, 0.2) is 0 Å². The Balaban J connectivity index is 2.12. The van der Waals surface area contributed by atoms with Gasteiger partial charge in [-0.25, -0.2) is 9.78 Å². The fourth-order valence-corrected chi connectivity index (χ4v) is 1.30. The summed E-state index contributed by atoms with van der Waals surface area (Å²) in [4.78, 5) is 18.7. The molecule has 0 aromatic carbocycles. The molecule has 17 heavy (non-hydrogen) atoms. The van der Waals surface area contributed by atoms with Crippen LogP contribution in [0.1, 0.15) is 15.9 Å². The van der Waals surface area contributed by atoms with E-state index in [1.807, 2.05) is 6.07 Å². The zero-order chi connectivity index (χ0) is 12.1. The van der Waals surface area contributed by atoms with Gasteiger partial charge in [0, 0.05) is 24.2 Å². The van der Waals surface area contributed by atoms with Crippen molar-refractivity contribution in [2.45, 2.75) is 6.61 Å². The highest BCUT2D eigenvalue weighted by molar-refractivity contribution is 5.90. The van der Waals surface area contributed by atoms with E-state index in [2.05, 4.69) is 9.97 Å². The number of hydrogen-bond donors (Lipinski definition) is 1. The van der Waals surface area contributed by atoms with Crippen LogP contribution >= 0.6 is 0 Å². The van der Waals surface area contributed by atoms with Crippen molar-refractivity contribution in [1.29, 1.82) is 0 Å². The van der Waals surface area contributed by atoms with Gasteiger partial charge in [-0.2, -0.15) is 0 Å². The second kappa shape index (κ2) is 5.07. The molecule has 0 fully saturated rings. The fourth-order valence-electron chi connectivity index (χ4n) is 1.30. The van der Waals surface area contributed by atoms with Crippen molar-refractivity contribution in [1.82, 2.24) is 9.97 Å². The second-order valence-electron chi connectivity index (χ2n) is 3.31. The molecule has 0 amide bonds.